The van der Waals surface area contributed by atoms with Gasteiger partial charge in [-0.25, -0.2) is 4.98 Å². The normalized spacial score (nSPS) is 13.5. The lowest BCUT2D eigenvalue weighted by Crippen LogP contribution is -2.17. The molecule has 0 N–H and O–H groups in total. The lowest BCUT2D eigenvalue weighted by molar-refractivity contribution is 0.483. The predicted octanol–water partition coefficient (Wildman–Crippen LogP) is 17.0. The van der Waals surface area contributed by atoms with Gasteiger partial charge in [-0.2, -0.15) is 0 Å². The summed E-state index contributed by atoms with van der Waals surface area (Å²) in [4.78, 5) is 4.96. The van der Waals surface area contributed by atoms with Crippen molar-refractivity contribution >= 4 is 50.6 Å². The molecule has 0 bridgehead atoms. The van der Waals surface area contributed by atoms with Crippen molar-refractivity contribution in [3.63, 3.8) is 0 Å². The van der Waals surface area contributed by atoms with E-state index in [1.165, 1.54) is 38.8 Å². The molecule has 0 radical (unpaired) electrons. The average molecular weight is 885 g/mol. The van der Waals surface area contributed by atoms with Gasteiger partial charge in [0.2, 0.25) is 11.4 Å². The van der Waals surface area contributed by atoms with Crippen LogP contribution in [0, 0.1) is 0 Å². The van der Waals surface area contributed by atoms with Gasteiger partial charge in [0, 0.05) is 47.3 Å². The molecule has 8 aromatic rings. The molecule has 1 aliphatic heterocycles. The van der Waals surface area contributed by atoms with Crippen LogP contribution in [-0.2, 0) is 27.1 Å². The van der Waals surface area contributed by atoms with Gasteiger partial charge in [-0.1, -0.05) is 152 Å². The van der Waals surface area contributed by atoms with Crippen molar-refractivity contribution in [2.75, 3.05) is 0 Å². The minimum absolute atomic E-state index is 0.00609. The number of benzene rings is 6. The largest absolute Gasteiger partial charge is 0.503 e. The molecule has 0 atom stereocenters. The van der Waals surface area contributed by atoms with Crippen molar-refractivity contribution in [1.29, 1.82) is 0 Å². The molecular formula is C62H68N4O+2. The Labute approximate surface area is 399 Å². The summed E-state index contributed by atoms with van der Waals surface area (Å²) >= 11 is 0. The van der Waals surface area contributed by atoms with Gasteiger partial charge >= 0.3 is 11.7 Å². The van der Waals surface area contributed by atoms with Crippen LogP contribution in [0.5, 0.6) is 11.5 Å². The first-order chi connectivity index (χ1) is 31.3. The maximum Gasteiger partial charge on any atom is 0.503 e. The summed E-state index contributed by atoms with van der Waals surface area (Å²) in [6.07, 6.45) is 1.94. The Kier molecular flexibility index (Phi) is 10.9. The van der Waals surface area contributed by atoms with E-state index < -0.39 is 0 Å². The molecule has 3 heterocycles. The zero-order valence-corrected chi connectivity index (χ0v) is 42.5. The molecule has 5 heteroatoms. The van der Waals surface area contributed by atoms with E-state index in [2.05, 4.69) is 251 Å². The van der Waals surface area contributed by atoms with Crippen LogP contribution < -0.4 is 13.9 Å². The Morgan fingerprint density at radius 3 is 1.73 bits per heavy atom. The SMILES string of the molecule is CC(C)(C)c1cccc(-c2cccc3c2[N+](c2cc(C(C)(C)C)cc(C(C)(C)C)c2)=C=[N+]3c2cccc(Oc3ccc4c5cc(C(C)(C)C)ccc5n(-c5cc(C(C)(C)C)ccn5)c4c3)c2)c1. The Hall–Kier alpha value is -6.55. The number of hydrogen-bond donors (Lipinski definition) is 0. The molecule has 0 fully saturated rings. The number of hydrogen-bond acceptors (Lipinski definition) is 2. The highest BCUT2D eigenvalue weighted by Crippen LogP contribution is 2.46. The van der Waals surface area contributed by atoms with Crippen molar-refractivity contribution in [3.05, 3.63) is 167 Å². The van der Waals surface area contributed by atoms with E-state index in [0.717, 1.165) is 62.0 Å². The van der Waals surface area contributed by atoms with Crippen LogP contribution in [-0.4, -0.2) is 15.6 Å². The van der Waals surface area contributed by atoms with Crippen molar-refractivity contribution in [2.45, 2.75) is 131 Å². The first kappa shape index (κ1) is 45.6. The van der Waals surface area contributed by atoms with Gasteiger partial charge in [0.25, 0.3) is 5.69 Å². The molecule has 67 heavy (non-hydrogen) atoms. The molecule has 5 nitrogen and oxygen atoms in total. The molecule has 0 amide bonds. The molecule has 1 aliphatic rings. The molecule has 0 saturated heterocycles. The van der Waals surface area contributed by atoms with Crippen molar-refractivity contribution < 1.29 is 4.74 Å². The van der Waals surface area contributed by atoms with Crippen LogP contribution in [0.4, 0.5) is 22.7 Å². The monoisotopic (exact) mass is 885 g/mol. The van der Waals surface area contributed by atoms with E-state index in [1.54, 1.807) is 0 Å². The lowest BCUT2D eigenvalue weighted by Gasteiger charge is -2.24. The third-order valence-electron chi connectivity index (χ3n) is 13.4. The summed E-state index contributed by atoms with van der Waals surface area (Å²) in [5.74, 6) is 2.39. The van der Waals surface area contributed by atoms with Crippen LogP contribution in [0.25, 0.3) is 38.8 Å². The molecule has 0 aliphatic carbocycles. The van der Waals surface area contributed by atoms with Crippen LogP contribution in [0.3, 0.4) is 0 Å². The van der Waals surface area contributed by atoms with Crippen LogP contribution in [0.1, 0.15) is 132 Å². The molecule has 0 unspecified atom stereocenters. The first-order valence-electron chi connectivity index (χ1n) is 23.9. The van der Waals surface area contributed by atoms with Crippen LogP contribution in [0.15, 0.2) is 140 Å². The minimum Gasteiger partial charge on any atom is -0.457 e. The first-order valence-corrected chi connectivity index (χ1v) is 23.9. The van der Waals surface area contributed by atoms with Crippen molar-refractivity contribution in [1.82, 2.24) is 18.7 Å². The van der Waals surface area contributed by atoms with E-state index >= 15 is 0 Å². The second kappa shape index (κ2) is 16.1. The molecule has 6 aromatic carbocycles. The average Bonchev–Trinajstić information content (AvgIpc) is 3.81. The van der Waals surface area contributed by atoms with Gasteiger partial charge < -0.3 is 4.74 Å². The highest BCUT2D eigenvalue weighted by molar-refractivity contribution is 6.10. The fourth-order valence-corrected chi connectivity index (χ4v) is 9.13. The standard InChI is InChI=1S/C62H68N4O/c1-58(2,3)41-20-16-19-40(31-41)50-23-18-24-54-57(50)65(47-33-44(61(10,11)12)32-45(34-47)62(13,14)15)39-64(54)46-21-17-22-48(37-46)67-49-26-27-51-52-35-42(59(4,5)6)25-28-53(52)66(55(51)38-49)56-36-43(29-30-63-56)60(7,8)9/h16-38H,1-15H3/q+2. The summed E-state index contributed by atoms with van der Waals surface area (Å²) in [5.41, 5.74) is 15.0. The number of nitrogens with zero attached hydrogens (tertiary/aromatic N) is 4. The highest BCUT2D eigenvalue weighted by atomic mass is 16.5. The van der Waals surface area contributed by atoms with Gasteiger partial charge in [0.1, 0.15) is 17.3 Å². The number of para-hydroxylation sites is 1. The summed E-state index contributed by atoms with van der Waals surface area (Å²) in [6, 6.07) is 52.7. The Morgan fingerprint density at radius 1 is 0.448 bits per heavy atom. The zero-order chi connectivity index (χ0) is 48.0. The fraction of sp³-hybridized carbons (Fsp3) is 0.323. The molecule has 340 valence electrons. The van der Waals surface area contributed by atoms with Crippen LogP contribution in [0.2, 0.25) is 0 Å². The van der Waals surface area contributed by atoms with E-state index in [0.29, 0.717) is 0 Å². The minimum atomic E-state index is -0.0514. The zero-order valence-electron chi connectivity index (χ0n) is 42.5. The number of ether oxygens (including phenoxy) is 1. The summed E-state index contributed by atoms with van der Waals surface area (Å²) in [5, 5.41) is 2.37. The highest BCUT2D eigenvalue weighted by Gasteiger charge is 2.41. The van der Waals surface area contributed by atoms with E-state index in [1.807, 2.05) is 12.3 Å². The Bertz CT molecular complexity index is 3290. The van der Waals surface area contributed by atoms with Gasteiger partial charge in [-0.15, -0.1) is 0 Å². The van der Waals surface area contributed by atoms with Gasteiger partial charge in [-0.3, -0.25) is 4.57 Å². The molecule has 9 rings (SSSR count). The second-order valence-electron chi connectivity index (χ2n) is 23.8. The summed E-state index contributed by atoms with van der Waals surface area (Å²) in [6.45, 7) is 34.2. The fourth-order valence-electron chi connectivity index (χ4n) is 9.13. The molecule has 0 saturated carbocycles. The summed E-state index contributed by atoms with van der Waals surface area (Å²) < 4.78 is 13.6. The number of aromatic nitrogens is 2. The molecule has 2 aromatic heterocycles. The third kappa shape index (κ3) is 8.78. The Morgan fingerprint density at radius 2 is 1.06 bits per heavy atom. The van der Waals surface area contributed by atoms with E-state index in [4.69, 9.17) is 9.72 Å². The maximum atomic E-state index is 6.87. The van der Waals surface area contributed by atoms with Crippen LogP contribution >= 0.6 is 0 Å². The van der Waals surface area contributed by atoms with Gasteiger partial charge in [0.15, 0.2) is 0 Å². The number of pyridine rings is 1. The quantitative estimate of drug-likeness (QED) is 0.156. The van der Waals surface area contributed by atoms with Crippen molar-refractivity contribution in [3.8, 4) is 28.4 Å². The number of rotatable bonds is 6. The smallest absolute Gasteiger partial charge is 0.457 e. The number of fused-ring (bicyclic) bond motifs is 4. The topological polar surface area (TPSA) is 33.1 Å². The van der Waals surface area contributed by atoms with Crippen molar-refractivity contribution in [2.24, 2.45) is 0 Å². The lowest BCUT2D eigenvalue weighted by atomic mass is 9.80. The molecular weight excluding hydrogens is 817 g/mol. The van der Waals surface area contributed by atoms with E-state index in [-0.39, 0.29) is 27.1 Å². The summed E-state index contributed by atoms with van der Waals surface area (Å²) in [7, 11) is 0. The maximum absolute atomic E-state index is 6.87. The Balaban J connectivity index is 1.20. The predicted molar refractivity (Wildman–Crippen MR) is 285 cm³/mol. The van der Waals surface area contributed by atoms with Gasteiger partial charge in [-0.05, 0) is 118 Å². The van der Waals surface area contributed by atoms with E-state index in [9.17, 15) is 0 Å². The third-order valence-corrected chi connectivity index (χ3v) is 13.4. The second-order valence-corrected chi connectivity index (χ2v) is 23.8. The van der Waals surface area contributed by atoms with Gasteiger partial charge in [0.05, 0.1) is 22.7 Å². The molecule has 0 spiro atoms.